The van der Waals surface area contributed by atoms with Crippen LogP contribution in [0.3, 0.4) is 0 Å². The molecule has 8 heterocycles. The van der Waals surface area contributed by atoms with Crippen molar-refractivity contribution >= 4 is 76.8 Å². The van der Waals surface area contributed by atoms with Crippen molar-refractivity contribution in [1.29, 1.82) is 0 Å². The van der Waals surface area contributed by atoms with Gasteiger partial charge in [-0.2, -0.15) is 0 Å². The van der Waals surface area contributed by atoms with Crippen molar-refractivity contribution < 1.29 is 18.3 Å². The Morgan fingerprint density at radius 2 is 1.13 bits per heavy atom. The third kappa shape index (κ3) is 7.50. The van der Waals surface area contributed by atoms with E-state index in [4.69, 9.17) is 4.98 Å². The van der Waals surface area contributed by atoms with Crippen LogP contribution in [0.2, 0.25) is 0 Å². The van der Waals surface area contributed by atoms with E-state index >= 15 is 0 Å². The lowest BCUT2D eigenvalue weighted by Gasteiger charge is -2.29. The number of nitrogens with zero attached hydrogens (tertiary/aromatic N) is 4. The molecule has 0 spiro atoms. The predicted octanol–water partition coefficient (Wildman–Crippen LogP) is 11.1. The Bertz CT molecular complexity index is 3710. The largest absolute Gasteiger partial charge is 0.508 e. The fraction of sp³-hybridized carbons (Fsp3) is 0.245. The van der Waals surface area contributed by atoms with Gasteiger partial charge in [0.2, 0.25) is 0 Å². The number of pyridine rings is 4. The van der Waals surface area contributed by atoms with Crippen molar-refractivity contribution in [3.63, 3.8) is 0 Å². The minimum atomic E-state index is -0.652. The highest BCUT2D eigenvalue weighted by Gasteiger charge is 2.23. The van der Waals surface area contributed by atoms with Crippen molar-refractivity contribution in [2.24, 2.45) is 0 Å². The van der Waals surface area contributed by atoms with Crippen LogP contribution in [-0.4, -0.2) is 61.2 Å². The monoisotopic (exact) mass is 900 g/mol. The van der Waals surface area contributed by atoms with Crippen LogP contribution in [0.25, 0.3) is 76.7 Å². The number of piperidine rings is 2. The van der Waals surface area contributed by atoms with Gasteiger partial charge in [0.1, 0.15) is 34.5 Å². The van der Waals surface area contributed by atoms with Gasteiger partial charge in [0, 0.05) is 106 Å². The molecule has 10 aromatic rings. The predicted molar refractivity (Wildman–Crippen MR) is 261 cm³/mol. The molecule has 2 aliphatic heterocycles. The molecule has 0 unspecified atom stereocenters. The summed E-state index contributed by atoms with van der Waals surface area (Å²) in [6.45, 7) is 8.02. The maximum absolute atomic E-state index is 14.5. The Labute approximate surface area is 381 Å². The van der Waals surface area contributed by atoms with E-state index in [0.717, 1.165) is 104 Å². The number of benzene rings is 4. The first-order chi connectivity index (χ1) is 32.5. The number of nitrogens with one attached hydrogen (secondary N) is 4. The molecule has 338 valence electrons. The Hall–Kier alpha value is -7.61. The Kier molecular flexibility index (Phi) is 10.5. The van der Waals surface area contributed by atoms with E-state index < -0.39 is 17.5 Å². The zero-order valence-electron chi connectivity index (χ0n) is 37.0. The van der Waals surface area contributed by atoms with E-state index in [-0.39, 0.29) is 28.9 Å². The SMILES string of the molecule is Cc1c[nH]c2nc(-c3cc(O)cc(F)c3)c3c(=O)[nH]c4cc(N5CCCCC5)ccc4c3c12.Cc1c[nH]c2nc(Cc3ccc(F)cc3F)c3c(=O)[nH]c4cc(N5CCCCC5)ccc4c3c12. The van der Waals surface area contributed by atoms with Gasteiger partial charge in [0.05, 0.1) is 33.2 Å². The fourth-order valence-electron chi connectivity index (χ4n) is 10.4. The normalized spacial score (nSPS) is 14.5. The summed E-state index contributed by atoms with van der Waals surface area (Å²) in [4.78, 5) is 53.4. The van der Waals surface area contributed by atoms with E-state index in [2.05, 4.69) is 65.1 Å². The number of anilines is 2. The number of rotatable bonds is 5. The molecule has 0 saturated carbocycles. The molecular weight excluding hydrogens is 854 g/mol. The molecule has 2 saturated heterocycles. The number of hydrogen-bond donors (Lipinski definition) is 5. The minimum Gasteiger partial charge on any atom is -0.508 e. The average molecular weight is 901 g/mol. The van der Waals surface area contributed by atoms with Gasteiger partial charge in [-0.05, 0) is 112 Å². The van der Waals surface area contributed by atoms with E-state index in [1.54, 1.807) is 0 Å². The van der Waals surface area contributed by atoms with Gasteiger partial charge in [-0.1, -0.05) is 18.2 Å². The van der Waals surface area contributed by atoms with Crippen molar-refractivity contribution in [3.8, 4) is 17.0 Å². The molecule has 0 atom stereocenters. The average Bonchev–Trinajstić information content (AvgIpc) is 3.90. The zero-order chi connectivity index (χ0) is 46.1. The van der Waals surface area contributed by atoms with Crippen LogP contribution >= 0.6 is 0 Å². The van der Waals surface area contributed by atoms with Crippen molar-refractivity contribution in [2.75, 3.05) is 36.0 Å². The lowest BCUT2D eigenvalue weighted by Crippen LogP contribution is -2.29. The van der Waals surface area contributed by atoms with Crippen molar-refractivity contribution in [2.45, 2.75) is 58.8 Å². The number of phenols is 1. The Morgan fingerprint density at radius 3 is 1.70 bits per heavy atom. The maximum atomic E-state index is 14.5. The second-order valence-electron chi connectivity index (χ2n) is 18.0. The molecule has 0 amide bonds. The molecular formula is C53H47F3N8O3. The van der Waals surface area contributed by atoms with Gasteiger partial charge >= 0.3 is 0 Å². The summed E-state index contributed by atoms with van der Waals surface area (Å²) in [6, 6.07) is 19.7. The third-order valence-electron chi connectivity index (χ3n) is 13.6. The lowest BCUT2D eigenvalue weighted by molar-refractivity contribution is 0.469. The number of H-pyrrole nitrogens is 4. The number of aromatic amines is 4. The molecule has 14 heteroatoms. The summed E-state index contributed by atoms with van der Waals surface area (Å²) in [5.74, 6) is -2.10. The van der Waals surface area contributed by atoms with Crippen LogP contribution in [0.5, 0.6) is 5.75 Å². The molecule has 6 aromatic heterocycles. The number of aromatic nitrogens is 6. The number of aromatic hydroxyl groups is 1. The van der Waals surface area contributed by atoms with Gasteiger partial charge in [0.25, 0.3) is 11.1 Å². The maximum Gasteiger partial charge on any atom is 0.258 e. The van der Waals surface area contributed by atoms with Gasteiger partial charge < -0.3 is 34.8 Å². The summed E-state index contributed by atoms with van der Waals surface area (Å²) in [5.41, 5.74) is 7.84. The molecule has 5 N–H and O–H groups in total. The highest BCUT2D eigenvalue weighted by atomic mass is 19.1. The molecule has 2 fully saturated rings. The number of halogens is 3. The topological polar surface area (TPSA) is 150 Å². The summed E-state index contributed by atoms with van der Waals surface area (Å²) in [7, 11) is 0. The molecule has 4 aromatic carbocycles. The first kappa shape index (κ1) is 42.1. The second kappa shape index (κ2) is 16.7. The van der Waals surface area contributed by atoms with Gasteiger partial charge in [-0.15, -0.1) is 0 Å². The summed E-state index contributed by atoms with van der Waals surface area (Å²) in [5, 5.41) is 16.0. The lowest BCUT2D eigenvalue weighted by atomic mass is 9.98. The summed E-state index contributed by atoms with van der Waals surface area (Å²) >= 11 is 0. The van der Waals surface area contributed by atoms with E-state index in [0.29, 0.717) is 39.0 Å². The quantitative estimate of drug-likeness (QED) is 0.108. The molecule has 67 heavy (non-hydrogen) atoms. The van der Waals surface area contributed by atoms with Gasteiger partial charge in [-0.25, -0.2) is 23.1 Å². The summed E-state index contributed by atoms with van der Waals surface area (Å²) < 4.78 is 42.0. The molecule has 0 bridgehead atoms. The highest BCUT2D eigenvalue weighted by molar-refractivity contribution is 6.22. The van der Waals surface area contributed by atoms with E-state index in [9.17, 15) is 27.9 Å². The van der Waals surface area contributed by atoms with E-state index in [1.165, 1.54) is 62.8 Å². The molecule has 0 radical (unpaired) electrons. The van der Waals surface area contributed by atoms with Crippen LogP contribution in [0.15, 0.2) is 94.8 Å². The van der Waals surface area contributed by atoms with Gasteiger partial charge in [0.15, 0.2) is 0 Å². The summed E-state index contributed by atoms with van der Waals surface area (Å²) in [6.07, 6.45) is 11.0. The molecule has 12 rings (SSSR count). The third-order valence-corrected chi connectivity index (χ3v) is 13.6. The first-order valence-corrected chi connectivity index (χ1v) is 22.9. The van der Waals surface area contributed by atoms with E-state index in [1.807, 2.05) is 32.3 Å². The highest BCUT2D eigenvalue weighted by Crippen LogP contribution is 2.39. The molecule has 11 nitrogen and oxygen atoms in total. The van der Waals surface area contributed by atoms with Crippen LogP contribution in [0.4, 0.5) is 24.5 Å². The Morgan fingerprint density at radius 1 is 0.582 bits per heavy atom. The molecule has 0 aliphatic carbocycles. The minimum absolute atomic E-state index is 0.0804. The van der Waals surface area contributed by atoms with Crippen LogP contribution < -0.4 is 20.9 Å². The smallest absolute Gasteiger partial charge is 0.258 e. The zero-order valence-corrected chi connectivity index (χ0v) is 37.0. The standard InChI is InChI=1S/C27H24F2N4O.C26H23FN4O2/c1-15-14-30-26-23(15)24-19-8-7-18(33-9-3-2-4-10-33)13-21(19)32-27(34)25(24)22(31-26)11-16-5-6-17(28)12-20(16)29;1-14-13-28-25-21(14)22-19-6-5-17(31-7-3-2-4-8-31)12-20(19)29-26(33)23(22)24(30-25)15-9-16(27)11-18(32)10-15/h5-8,12-14H,2-4,9-11H2,1H3,(H,30,31)(H,32,34);5-6,9-13,32H,2-4,7-8H2,1H3,(H,28,30)(H,29,33). The number of aryl methyl sites for hydroxylation is 2. The van der Waals surface area contributed by atoms with Gasteiger partial charge in [-0.3, -0.25) is 9.59 Å². The second-order valence-corrected chi connectivity index (χ2v) is 18.0. The van der Waals surface area contributed by atoms with Crippen molar-refractivity contribution in [3.05, 3.63) is 146 Å². The van der Waals surface area contributed by atoms with Crippen LogP contribution in [-0.2, 0) is 6.42 Å². The first-order valence-electron chi connectivity index (χ1n) is 22.9. The van der Waals surface area contributed by atoms with Crippen LogP contribution in [0.1, 0.15) is 60.9 Å². The Balaban J connectivity index is 0.000000148. The van der Waals surface area contributed by atoms with Crippen molar-refractivity contribution in [1.82, 2.24) is 29.9 Å². The molecule has 2 aliphatic rings. The number of fused-ring (bicyclic) bond motifs is 10. The number of hydrogen-bond acceptors (Lipinski definition) is 7. The van der Waals surface area contributed by atoms with Crippen LogP contribution in [0, 0.1) is 31.3 Å². The number of phenolic OH excluding ortho intramolecular Hbond substituents is 1. The fourth-order valence-corrected chi connectivity index (χ4v) is 10.4.